The Hall–Kier alpha value is -1.26. The smallest absolute Gasteiger partial charge is 0.123 e. The number of halogens is 1. The van der Waals surface area contributed by atoms with Gasteiger partial charge in [0.2, 0.25) is 0 Å². The highest BCUT2D eigenvalue weighted by atomic mass is 35.5. The van der Waals surface area contributed by atoms with Gasteiger partial charge in [0.05, 0.1) is 5.02 Å². The van der Waals surface area contributed by atoms with Gasteiger partial charge >= 0.3 is 0 Å². The van der Waals surface area contributed by atoms with Gasteiger partial charge in [0.25, 0.3) is 0 Å². The van der Waals surface area contributed by atoms with E-state index in [0.717, 1.165) is 16.3 Å². The monoisotopic (exact) mass is 251 g/mol. The fourth-order valence-corrected chi connectivity index (χ4v) is 2.25. The van der Waals surface area contributed by atoms with E-state index in [1.54, 1.807) is 30.2 Å². The number of aromatic nitrogens is 2. The van der Waals surface area contributed by atoms with Crippen molar-refractivity contribution in [3.63, 3.8) is 0 Å². The molecule has 0 fully saturated rings. The van der Waals surface area contributed by atoms with Crippen LogP contribution in [0.3, 0.4) is 0 Å². The first kappa shape index (κ1) is 11.2. The number of nitrogens with two attached hydrogens (primary N) is 1. The average Bonchev–Trinajstić information content (AvgIpc) is 2.30. The van der Waals surface area contributed by atoms with E-state index in [0.29, 0.717) is 10.8 Å². The van der Waals surface area contributed by atoms with Gasteiger partial charge in [0.15, 0.2) is 0 Å². The summed E-state index contributed by atoms with van der Waals surface area (Å²) in [5.41, 5.74) is 6.60. The normalized spacial score (nSPS) is 10.3. The van der Waals surface area contributed by atoms with Gasteiger partial charge < -0.3 is 5.73 Å². The Morgan fingerprint density at radius 2 is 2.12 bits per heavy atom. The van der Waals surface area contributed by atoms with Crippen molar-refractivity contribution in [1.29, 1.82) is 0 Å². The molecule has 2 rings (SSSR count). The number of hydrogen-bond donors (Lipinski definition) is 1. The lowest BCUT2D eigenvalue weighted by atomic mass is 10.3. The first-order valence-corrected chi connectivity index (χ1v) is 6.06. The molecule has 0 aromatic carbocycles. The van der Waals surface area contributed by atoms with Gasteiger partial charge in [0, 0.05) is 18.1 Å². The van der Waals surface area contributed by atoms with Crippen molar-refractivity contribution >= 4 is 29.2 Å². The van der Waals surface area contributed by atoms with Crippen molar-refractivity contribution in [1.82, 2.24) is 9.97 Å². The van der Waals surface area contributed by atoms with Crippen molar-refractivity contribution in [2.45, 2.75) is 10.8 Å². The Kier molecular flexibility index (Phi) is 3.64. The summed E-state index contributed by atoms with van der Waals surface area (Å²) in [5.74, 6) is 1.31. The van der Waals surface area contributed by atoms with E-state index in [1.165, 1.54) is 0 Å². The molecule has 2 N–H and O–H groups in total. The third-order valence-electron chi connectivity index (χ3n) is 1.95. The van der Waals surface area contributed by atoms with Crippen molar-refractivity contribution in [2.75, 3.05) is 5.73 Å². The maximum absolute atomic E-state index is 6.00. The minimum absolute atomic E-state index is 0.532. The van der Waals surface area contributed by atoms with E-state index in [-0.39, 0.29) is 0 Å². The zero-order valence-corrected chi connectivity index (χ0v) is 10.0. The molecule has 2 heterocycles. The van der Waals surface area contributed by atoms with Crippen LogP contribution in [-0.2, 0) is 5.75 Å². The molecule has 2 aromatic rings. The minimum Gasteiger partial charge on any atom is -0.384 e. The SMILES string of the molecule is Nc1ccc(CSc2ncccc2Cl)cn1. The second-order valence-electron chi connectivity index (χ2n) is 3.17. The Labute approximate surface area is 103 Å². The van der Waals surface area contributed by atoms with Crippen LogP contribution in [0.1, 0.15) is 5.56 Å². The van der Waals surface area contributed by atoms with Gasteiger partial charge in [-0.1, -0.05) is 17.7 Å². The number of rotatable bonds is 3. The van der Waals surface area contributed by atoms with E-state index in [4.69, 9.17) is 17.3 Å². The number of hydrogen-bond acceptors (Lipinski definition) is 4. The summed E-state index contributed by atoms with van der Waals surface area (Å²) in [6.07, 6.45) is 3.49. The van der Waals surface area contributed by atoms with Crippen LogP contribution in [0.2, 0.25) is 5.02 Å². The topological polar surface area (TPSA) is 51.8 Å². The molecule has 16 heavy (non-hydrogen) atoms. The lowest BCUT2D eigenvalue weighted by Gasteiger charge is -2.02. The lowest BCUT2D eigenvalue weighted by molar-refractivity contribution is 1.13. The summed E-state index contributed by atoms with van der Waals surface area (Å²) in [5, 5.41) is 1.51. The second-order valence-corrected chi connectivity index (χ2v) is 4.54. The molecule has 0 spiro atoms. The van der Waals surface area contributed by atoms with Crippen LogP contribution >= 0.6 is 23.4 Å². The summed E-state index contributed by atoms with van der Waals surface area (Å²) in [4.78, 5) is 8.22. The second kappa shape index (κ2) is 5.18. The van der Waals surface area contributed by atoms with E-state index in [9.17, 15) is 0 Å². The summed E-state index contributed by atoms with van der Waals surface area (Å²) < 4.78 is 0. The predicted molar refractivity (Wildman–Crippen MR) is 67.5 cm³/mol. The first-order chi connectivity index (χ1) is 7.75. The molecule has 0 aliphatic carbocycles. The zero-order chi connectivity index (χ0) is 11.4. The number of nitrogens with zero attached hydrogens (tertiary/aromatic N) is 2. The maximum Gasteiger partial charge on any atom is 0.123 e. The molecule has 0 bridgehead atoms. The molecule has 0 unspecified atom stereocenters. The van der Waals surface area contributed by atoms with E-state index >= 15 is 0 Å². The van der Waals surface area contributed by atoms with E-state index in [2.05, 4.69) is 9.97 Å². The quantitative estimate of drug-likeness (QED) is 0.852. The van der Waals surface area contributed by atoms with E-state index in [1.807, 2.05) is 18.2 Å². The molecule has 0 atom stereocenters. The molecular weight excluding hydrogens is 242 g/mol. The van der Waals surface area contributed by atoms with Crippen LogP contribution in [0.5, 0.6) is 0 Å². The Bertz CT molecular complexity index is 473. The van der Waals surface area contributed by atoms with Gasteiger partial charge in [-0.2, -0.15) is 0 Å². The molecule has 3 nitrogen and oxygen atoms in total. The lowest BCUT2D eigenvalue weighted by Crippen LogP contribution is -1.90. The fourth-order valence-electron chi connectivity index (χ4n) is 1.15. The van der Waals surface area contributed by atoms with Crippen LogP contribution in [0.25, 0.3) is 0 Å². The van der Waals surface area contributed by atoms with Crippen LogP contribution in [0, 0.1) is 0 Å². The third kappa shape index (κ3) is 2.87. The average molecular weight is 252 g/mol. The van der Waals surface area contributed by atoms with Gasteiger partial charge in [-0.3, -0.25) is 0 Å². The number of anilines is 1. The summed E-state index contributed by atoms with van der Waals surface area (Å²) in [6.45, 7) is 0. The van der Waals surface area contributed by atoms with Crippen LogP contribution < -0.4 is 5.73 Å². The highest BCUT2D eigenvalue weighted by Crippen LogP contribution is 2.26. The number of nitrogen functional groups attached to an aromatic ring is 1. The highest BCUT2D eigenvalue weighted by Gasteiger charge is 2.02. The highest BCUT2D eigenvalue weighted by molar-refractivity contribution is 7.98. The molecule has 5 heteroatoms. The van der Waals surface area contributed by atoms with Crippen LogP contribution in [0.4, 0.5) is 5.82 Å². The van der Waals surface area contributed by atoms with E-state index < -0.39 is 0 Å². The molecule has 0 saturated carbocycles. The van der Waals surface area contributed by atoms with Crippen molar-refractivity contribution in [3.05, 3.63) is 47.2 Å². The third-order valence-corrected chi connectivity index (χ3v) is 3.44. The largest absolute Gasteiger partial charge is 0.384 e. The summed E-state index contributed by atoms with van der Waals surface area (Å²) >= 11 is 7.58. The van der Waals surface area contributed by atoms with Gasteiger partial charge in [0.1, 0.15) is 10.8 Å². The Morgan fingerprint density at radius 3 is 2.81 bits per heavy atom. The molecule has 0 saturated heterocycles. The van der Waals surface area contributed by atoms with Gasteiger partial charge in [-0.25, -0.2) is 9.97 Å². The molecular formula is C11H10ClN3S. The summed E-state index contributed by atoms with van der Waals surface area (Å²) in [6, 6.07) is 7.39. The molecule has 2 aromatic heterocycles. The molecule has 0 radical (unpaired) electrons. The van der Waals surface area contributed by atoms with Gasteiger partial charge in [-0.15, -0.1) is 11.8 Å². The Balaban J connectivity index is 2.02. The molecule has 0 amide bonds. The van der Waals surface area contributed by atoms with Crippen molar-refractivity contribution in [3.8, 4) is 0 Å². The first-order valence-electron chi connectivity index (χ1n) is 4.69. The van der Waals surface area contributed by atoms with Crippen molar-refractivity contribution < 1.29 is 0 Å². The van der Waals surface area contributed by atoms with Crippen LogP contribution in [-0.4, -0.2) is 9.97 Å². The Morgan fingerprint density at radius 1 is 1.25 bits per heavy atom. The maximum atomic E-state index is 6.00. The van der Waals surface area contributed by atoms with Crippen molar-refractivity contribution in [2.24, 2.45) is 0 Å². The van der Waals surface area contributed by atoms with Gasteiger partial charge in [-0.05, 0) is 23.8 Å². The molecule has 82 valence electrons. The standard InChI is InChI=1S/C11H10ClN3S/c12-9-2-1-5-14-11(9)16-7-8-3-4-10(13)15-6-8/h1-6H,7H2,(H2,13,15). The van der Waals surface area contributed by atoms with Crippen LogP contribution in [0.15, 0.2) is 41.7 Å². The zero-order valence-electron chi connectivity index (χ0n) is 8.43. The summed E-state index contributed by atoms with van der Waals surface area (Å²) in [7, 11) is 0. The number of pyridine rings is 2. The molecule has 0 aliphatic rings. The number of thioether (sulfide) groups is 1. The fraction of sp³-hybridized carbons (Fsp3) is 0.0909. The minimum atomic E-state index is 0.532. The molecule has 0 aliphatic heterocycles. The predicted octanol–water partition coefficient (Wildman–Crippen LogP) is 3.00.